The van der Waals surface area contributed by atoms with E-state index in [-0.39, 0.29) is 0 Å². The fraction of sp³-hybridized carbons (Fsp3) is 0.667. The lowest BCUT2D eigenvalue weighted by Gasteiger charge is -2.24. The van der Waals surface area contributed by atoms with Crippen LogP contribution in [0.3, 0.4) is 0 Å². The molecule has 0 saturated heterocycles. The normalized spacial score (nSPS) is 20.2. The molecule has 16 heavy (non-hydrogen) atoms. The van der Waals surface area contributed by atoms with Crippen molar-refractivity contribution in [1.82, 2.24) is 9.55 Å². The molecule has 0 aromatic carbocycles. The predicted octanol–water partition coefficient (Wildman–Crippen LogP) is 2.19. The standard InChI is InChI=1S/C12H16N2O2/c15-12(16)11-10(8-4-3-5-8)13-9-6-1-2-7-14(9)11/h8H,1-7H2,(H,15,16). The van der Waals surface area contributed by atoms with E-state index in [9.17, 15) is 9.90 Å². The molecule has 1 aromatic heterocycles. The molecule has 3 rings (SSSR count). The van der Waals surface area contributed by atoms with Crippen molar-refractivity contribution in [3.05, 3.63) is 17.2 Å². The third-order valence-corrected chi connectivity index (χ3v) is 3.80. The summed E-state index contributed by atoms with van der Waals surface area (Å²) in [7, 11) is 0. The average Bonchev–Trinajstić information content (AvgIpc) is 2.53. The Morgan fingerprint density at radius 1 is 1.31 bits per heavy atom. The highest BCUT2D eigenvalue weighted by molar-refractivity contribution is 5.87. The van der Waals surface area contributed by atoms with Gasteiger partial charge in [0, 0.05) is 18.9 Å². The summed E-state index contributed by atoms with van der Waals surface area (Å²) in [5.41, 5.74) is 1.33. The smallest absolute Gasteiger partial charge is 0.354 e. The van der Waals surface area contributed by atoms with Crippen LogP contribution in [0, 0.1) is 0 Å². The van der Waals surface area contributed by atoms with E-state index < -0.39 is 5.97 Å². The first-order chi connectivity index (χ1) is 7.77. The van der Waals surface area contributed by atoms with Gasteiger partial charge in [0.1, 0.15) is 5.82 Å². The van der Waals surface area contributed by atoms with E-state index in [1.165, 1.54) is 6.42 Å². The molecule has 2 aliphatic rings. The molecule has 0 atom stereocenters. The number of fused-ring (bicyclic) bond motifs is 1. The van der Waals surface area contributed by atoms with Gasteiger partial charge in [0.25, 0.3) is 0 Å². The van der Waals surface area contributed by atoms with Crippen molar-refractivity contribution < 1.29 is 9.90 Å². The van der Waals surface area contributed by atoms with Gasteiger partial charge in [-0.05, 0) is 25.7 Å². The fourth-order valence-electron chi connectivity index (χ4n) is 2.70. The molecule has 86 valence electrons. The lowest BCUT2D eigenvalue weighted by Crippen LogP contribution is -2.18. The van der Waals surface area contributed by atoms with Gasteiger partial charge in [0.05, 0.1) is 5.69 Å². The summed E-state index contributed by atoms with van der Waals surface area (Å²) in [5.74, 6) is 0.595. The van der Waals surface area contributed by atoms with Crippen LogP contribution in [-0.4, -0.2) is 20.6 Å². The van der Waals surface area contributed by atoms with Gasteiger partial charge in [0.2, 0.25) is 0 Å². The summed E-state index contributed by atoms with van der Waals surface area (Å²) in [5, 5.41) is 9.32. The second kappa shape index (κ2) is 3.61. The number of aromatic carboxylic acids is 1. The Balaban J connectivity index is 2.08. The predicted molar refractivity (Wildman–Crippen MR) is 58.7 cm³/mol. The third kappa shape index (κ3) is 1.36. The van der Waals surface area contributed by atoms with Crippen molar-refractivity contribution in [3.63, 3.8) is 0 Å². The average molecular weight is 220 g/mol. The zero-order chi connectivity index (χ0) is 11.1. The van der Waals surface area contributed by atoms with Crippen LogP contribution < -0.4 is 0 Å². The molecular formula is C12H16N2O2. The van der Waals surface area contributed by atoms with Gasteiger partial charge in [-0.1, -0.05) is 6.42 Å². The molecule has 1 N–H and O–H groups in total. The van der Waals surface area contributed by atoms with Gasteiger partial charge in [0.15, 0.2) is 5.69 Å². The molecule has 0 spiro atoms. The van der Waals surface area contributed by atoms with Gasteiger partial charge >= 0.3 is 5.97 Å². The third-order valence-electron chi connectivity index (χ3n) is 3.80. The summed E-state index contributed by atoms with van der Waals surface area (Å²) in [4.78, 5) is 15.9. The number of carboxylic acid groups (broad SMARTS) is 1. The maximum Gasteiger partial charge on any atom is 0.354 e. The largest absolute Gasteiger partial charge is 0.477 e. The van der Waals surface area contributed by atoms with Gasteiger partial charge < -0.3 is 9.67 Å². The minimum Gasteiger partial charge on any atom is -0.477 e. The summed E-state index contributed by atoms with van der Waals surface area (Å²) in [6.45, 7) is 0.830. The van der Waals surface area contributed by atoms with Crippen molar-refractivity contribution in [2.75, 3.05) is 0 Å². The number of aromatic nitrogens is 2. The van der Waals surface area contributed by atoms with Crippen LogP contribution in [0.25, 0.3) is 0 Å². The first-order valence-electron chi connectivity index (χ1n) is 6.10. The monoisotopic (exact) mass is 220 g/mol. The second-order valence-corrected chi connectivity index (χ2v) is 4.80. The Labute approximate surface area is 94.3 Å². The SMILES string of the molecule is O=C(O)c1c(C2CCC2)nc2n1CCCC2. The molecule has 0 amide bonds. The molecule has 1 aliphatic heterocycles. The number of imidazole rings is 1. The number of rotatable bonds is 2. The van der Waals surface area contributed by atoms with E-state index in [0.29, 0.717) is 11.6 Å². The molecule has 0 bridgehead atoms. The van der Waals surface area contributed by atoms with Gasteiger partial charge in [-0.2, -0.15) is 0 Å². The number of aryl methyl sites for hydroxylation is 1. The van der Waals surface area contributed by atoms with Crippen molar-refractivity contribution in [2.24, 2.45) is 0 Å². The summed E-state index contributed by atoms with van der Waals surface area (Å²) in [6.07, 6.45) is 6.58. The van der Waals surface area contributed by atoms with E-state index in [1.54, 1.807) is 0 Å². The van der Waals surface area contributed by atoms with E-state index in [2.05, 4.69) is 4.98 Å². The van der Waals surface area contributed by atoms with Crippen LogP contribution >= 0.6 is 0 Å². The molecule has 4 heteroatoms. The van der Waals surface area contributed by atoms with Crippen molar-refractivity contribution in [3.8, 4) is 0 Å². The summed E-state index contributed by atoms with van der Waals surface area (Å²) in [6, 6.07) is 0. The number of nitrogens with zero attached hydrogens (tertiary/aromatic N) is 2. The van der Waals surface area contributed by atoms with Crippen LogP contribution in [0.15, 0.2) is 0 Å². The molecule has 0 unspecified atom stereocenters. The molecule has 1 aromatic rings. The Kier molecular flexibility index (Phi) is 2.23. The van der Waals surface area contributed by atoms with Crippen molar-refractivity contribution in [1.29, 1.82) is 0 Å². The number of hydrogen-bond donors (Lipinski definition) is 1. The number of carbonyl (C=O) groups is 1. The van der Waals surface area contributed by atoms with Crippen LogP contribution in [0.4, 0.5) is 0 Å². The minimum atomic E-state index is -0.803. The van der Waals surface area contributed by atoms with E-state index in [4.69, 9.17) is 0 Å². The van der Waals surface area contributed by atoms with Crippen molar-refractivity contribution >= 4 is 5.97 Å². The molecule has 1 fully saturated rings. The fourth-order valence-corrected chi connectivity index (χ4v) is 2.70. The molecule has 2 heterocycles. The zero-order valence-electron chi connectivity index (χ0n) is 9.28. The summed E-state index contributed by atoms with van der Waals surface area (Å²) < 4.78 is 1.93. The lowest BCUT2D eigenvalue weighted by atomic mass is 9.82. The maximum atomic E-state index is 11.3. The van der Waals surface area contributed by atoms with Crippen LogP contribution in [0.1, 0.15) is 60.0 Å². The number of hydrogen-bond acceptors (Lipinski definition) is 2. The van der Waals surface area contributed by atoms with E-state index in [0.717, 1.165) is 50.2 Å². The highest BCUT2D eigenvalue weighted by Crippen LogP contribution is 2.38. The summed E-state index contributed by atoms with van der Waals surface area (Å²) >= 11 is 0. The number of carboxylic acids is 1. The Bertz CT molecular complexity index is 432. The first-order valence-corrected chi connectivity index (χ1v) is 6.10. The van der Waals surface area contributed by atoms with E-state index >= 15 is 0 Å². The molecule has 0 radical (unpaired) electrons. The Hall–Kier alpha value is -1.32. The second-order valence-electron chi connectivity index (χ2n) is 4.80. The molecule has 1 saturated carbocycles. The topological polar surface area (TPSA) is 55.1 Å². The van der Waals surface area contributed by atoms with Crippen LogP contribution in [0.5, 0.6) is 0 Å². The van der Waals surface area contributed by atoms with Gasteiger partial charge in [-0.25, -0.2) is 9.78 Å². The molecule has 4 nitrogen and oxygen atoms in total. The van der Waals surface area contributed by atoms with Gasteiger partial charge in [-0.15, -0.1) is 0 Å². The van der Waals surface area contributed by atoms with E-state index in [1.807, 2.05) is 4.57 Å². The maximum absolute atomic E-state index is 11.3. The Morgan fingerprint density at radius 3 is 2.75 bits per heavy atom. The zero-order valence-corrected chi connectivity index (χ0v) is 9.28. The minimum absolute atomic E-state index is 0.407. The van der Waals surface area contributed by atoms with Crippen molar-refractivity contribution in [2.45, 2.75) is 51.0 Å². The molecular weight excluding hydrogens is 204 g/mol. The van der Waals surface area contributed by atoms with Gasteiger partial charge in [-0.3, -0.25) is 0 Å². The molecule has 1 aliphatic carbocycles. The Morgan fingerprint density at radius 2 is 2.12 bits per heavy atom. The highest BCUT2D eigenvalue weighted by Gasteiger charge is 2.31. The lowest BCUT2D eigenvalue weighted by molar-refractivity contribution is 0.0681. The van der Waals surface area contributed by atoms with Crippen LogP contribution in [-0.2, 0) is 13.0 Å². The first kappa shape index (κ1) is 9.87. The highest BCUT2D eigenvalue weighted by atomic mass is 16.4. The van der Waals surface area contributed by atoms with Crippen LogP contribution in [0.2, 0.25) is 0 Å². The quantitative estimate of drug-likeness (QED) is 0.831.